The van der Waals surface area contributed by atoms with Crippen LogP contribution in [0, 0.1) is 18.3 Å². The van der Waals surface area contributed by atoms with Gasteiger partial charge in [0.2, 0.25) is 0 Å². The highest BCUT2D eigenvalue weighted by atomic mass is 16.5. The molecule has 1 aromatic carbocycles. The van der Waals surface area contributed by atoms with E-state index in [1.807, 2.05) is 6.07 Å². The fourth-order valence-corrected chi connectivity index (χ4v) is 4.30. The number of imidazole rings is 1. The standard InChI is InChI=1S/C23H37N5O/c1-6-24-22(26-16-18-10-9-15-29-21(18)23(3,4)5)25-13-14-28-17(2)27-19-11-7-8-12-20(19)28/h7-8,11-12,18,21H,6,9-10,13-16H2,1-5H3,(H2,24,25,26). The maximum atomic E-state index is 6.11. The maximum Gasteiger partial charge on any atom is 0.191 e. The summed E-state index contributed by atoms with van der Waals surface area (Å²) >= 11 is 0. The summed E-state index contributed by atoms with van der Waals surface area (Å²) in [6.07, 6.45) is 2.58. The third-order valence-electron chi connectivity index (χ3n) is 5.60. The quantitative estimate of drug-likeness (QED) is 0.574. The van der Waals surface area contributed by atoms with E-state index in [9.17, 15) is 0 Å². The van der Waals surface area contributed by atoms with E-state index in [1.165, 1.54) is 11.9 Å². The highest BCUT2D eigenvalue weighted by Gasteiger charge is 2.35. The normalized spacial score (nSPS) is 20.8. The molecule has 6 nitrogen and oxygen atoms in total. The monoisotopic (exact) mass is 399 g/mol. The lowest BCUT2D eigenvalue weighted by molar-refractivity contribution is -0.0823. The first kappa shape index (κ1) is 21.6. The van der Waals surface area contributed by atoms with Gasteiger partial charge in [-0.05, 0) is 44.2 Å². The van der Waals surface area contributed by atoms with Gasteiger partial charge in [0.1, 0.15) is 5.82 Å². The number of para-hydroxylation sites is 2. The Balaban J connectivity index is 1.61. The van der Waals surface area contributed by atoms with Crippen LogP contribution in [0.25, 0.3) is 11.0 Å². The second-order valence-electron chi connectivity index (χ2n) is 9.01. The zero-order valence-corrected chi connectivity index (χ0v) is 18.7. The molecule has 0 saturated carbocycles. The molecule has 6 heteroatoms. The largest absolute Gasteiger partial charge is 0.377 e. The SMILES string of the molecule is CCNC(=NCC1CCCOC1C(C)(C)C)NCCn1c(C)nc2ccccc21. The van der Waals surface area contributed by atoms with E-state index in [0.717, 1.165) is 56.5 Å². The van der Waals surface area contributed by atoms with Gasteiger partial charge >= 0.3 is 0 Å². The molecule has 0 radical (unpaired) electrons. The van der Waals surface area contributed by atoms with Crippen LogP contribution < -0.4 is 10.6 Å². The minimum absolute atomic E-state index is 0.145. The first-order chi connectivity index (χ1) is 13.9. The minimum atomic E-state index is 0.145. The van der Waals surface area contributed by atoms with Crippen LogP contribution in [0.4, 0.5) is 0 Å². The smallest absolute Gasteiger partial charge is 0.191 e. The molecular weight excluding hydrogens is 362 g/mol. The van der Waals surface area contributed by atoms with Crippen molar-refractivity contribution >= 4 is 17.0 Å². The van der Waals surface area contributed by atoms with Gasteiger partial charge in [-0.1, -0.05) is 32.9 Å². The maximum absolute atomic E-state index is 6.11. The van der Waals surface area contributed by atoms with E-state index in [1.54, 1.807) is 0 Å². The summed E-state index contributed by atoms with van der Waals surface area (Å²) in [6.45, 7) is 15.1. The molecule has 0 bridgehead atoms. The lowest BCUT2D eigenvalue weighted by Gasteiger charge is -2.39. The fraction of sp³-hybridized carbons (Fsp3) is 0.652. The Morgan fingerprint density at radius 1 is 1.28 bits per heavy atom. The van der Waals surface area contributed by atoms with E-state index in [4.69, 9.17) is 9.73 Å². The Morgan fingerprint density at radius 3 is 2.83 bits per heavy atom. The summed E-state index contributed by atoms with van der Waals surface area (Å²) < 4.78 is 8.37. The Labute approximate surface area is 175 Å². The van der Waals surface area contributed by atoms with Crippen molar-refractivity contribution in [1.82, 2.24) is 20.2 Å². The van der Waals surface area contributed by atoms with Crippen LogP contribution in [-0.2, 0) is 11.3 Å². The van der Waals surface area contributed by atoms with Gasteiger partial charge in [0.05, 0.1) is 17.1 Å². The molecule has 1 fully saturated rings. The second kappa shape index (κ2) is 9.61. The van der Waals surface area contributed by atoms with Crippen LogP contribution in [0.1, 0.15) is 46.4 Å². The zero-order valence-electron chi connectivity index (χ0n) is 18.7. The molecule has 3 rings (SSSR count). The predicted octanol–water partition coefficient (Wildman–Crippen LogP) is 3.74. The van der Waals surface area contributed by atoms with Crippen molar-refractivity contribution in [1.29, 1.82) is 0 Å². The lowest BCUT2D eigenvalue weighted by Crippen LogP contribution is -2.43. The number of nitrogens with zero attached hydrogens (tertiary/aromatic N) is 3. The van der Waals surface area contributed by atoms with Crippen LogP contribution >= 0.6 is 0 Å². The average Bonchev–Trinajstić information content (AvgIpc) is 3.01. The molecule has 2 atom stereocenters. The molecule has 0 amide bonds. The summed E-state index contributed by atoms with van der Waals surface area (Å²) in [5.41, 5.74) is 2.38. The number of benzene rings is 1. The Hall–Kier alpha value is -2.08. The minimum Gasteiger partial charge on any atom is -0.377 e. The number of nitrogens with one attached hydrogen (secondary N) is 2. The molecule has 0 spiro atoms. The summed E-state index contributed by atoms with van der Waals surface area (Å²) in [4.78, 5) is 9.55. The van der Waals surface area contributed by atoms with Crippen LogP contribution in [-0.4, -0.2) is 47.9 Å². The van der Waals surface area contributed by atoms with Crippen molar-refractivity contribution in [3.63, 3.8) is 0 Å². The molecule has 1 aliphatic heterocycles. The van der Waals surface area contributed by atoms with E-state index in [-0.39, 0.29) is 11.5 Å². The second-order valence-corrected chi connectivity index (χ2v) is 9.01. The van der Waals surface area contributed by atoms with Crippen LogP contribution in [0.3, 0.4) is 0 Å². The number of rotatable bonds is 6. The van der Waals surface area contributed by atoms with Crippen molar-refractivity contribution in [3.05, 3.63) is 30.1 Å². The fourth-order valence-electron chi connectivity index (χ4n) is 4.30. The number of ether oxygens (including phenoxy) is 1. The van der Waals surface area contributed by atoms with Crippen molar-refractivity contribution in [2.75, 3.05) is 26.2 Å². The summed E-state index contributed by atoms with van der Waals surface area (Å²) in [5, 5.41) is 6.87. The van der Waals surface area contributed by atoms with E-state index < -0.39 is 0 Å². The number of hydrogen-bond acceptors (Lipinski definition) is 3. The van der Waals surface area contributed by atoms with Gasteiger partial charge in [-0.2, -0.15) is 0 Å². The Morgan fingerprint density at radius 2 is 2.07 bits per heavy atom. The summed E-state index contributed by atoms with van der Waals surface area (Å²) in [6, 6.07) is 8.30. The predicted molar refractivity (Wildman–Crippen MR) is 120 cm³/mol. The van der Waals surface area contributed by atoms with E-state index in [0.29, 0.717) is 5.92 Å². The molecule has 2 N–H and O–H groups in total. The van der Waals surface area contributed by atoms with E-state index >= 15 is 0 Å². The molecule has 1 saturated heterocycles. The Bertz CT molecular complexity index is 820. The molecule has 2 heterocycles. The molecule has 0 aliphatic carbocycles. The number of aliphatic imine (C=N–C) groups is 1. The van der Waals surface area contributed by atoms with Crippen molar-refractivity contribution in [2.45, 2.75) is 60.1 Å². The number of hydrogen-bond donors (Lipinski definition) is 2. The molecular formula is C23H37N5O. The van der Waals surface area contributed by atoms with Gasteiger partial charge in [0, 0.05) is 38.7 Å². The van der Waals surface area contributed by atoms with Gasteiger partial charge in [-0.25, -0.2) is 4.98 Å². The van der Waals surface area contributed by atoms with Crippen molar-refractivity contribution in [3.8, 4) is 0 Å². The number of aryl methyl sites for hydroxylation is 1. The van der Waals surface area contributed by atoms with Crippen molar-refractivity contribution in [2.24, 2.45) is 16.3 Å². The third kappa shape index (κ3) is 5.50. The highest BCUT2D eigenvalue weighted by molar-refractivity contribution is 5.79. The van der Waals surface area contributed by atoms with Crippen LogP contribution in [0.2, 0.25) is 0 Å². The molecule has 1 aromatic heterocycles. The van der Waals surface area contributed by atoms with Gasteiger partial charge in [0.15, 0.2) is 5.96 Å². The highest BCUT2D eigenvalue weighted by Crippen LogP contribution is 2.34. The summed E-state index contributed by atoms with van der Waals surface area (Å²) in [5.74, 6) is 2.40. The summed E-state index contributed by atoms with van der Waals surface area (Å²) in [7, 11) is 0. The number of guanidine groups is 1. The molecule has 2 unspecified atom stereocenters. The van der Waals surface area contributed by atoms with Gasteiger partial charge < -0.3 is 19.9 Å². The molecule has 1 aliphatic rings. The lowest BCUT2D eigenvalue weighted by atomic mass is 9.78. The van der Waals surface area contributed by atoms with Gasteiger partial charge in [-0.3, -0.25) is 4.99 Å². The van der Waals surface area contributed by atoms with Crippen LogP contribution in [0.15, 0.2) is 29.3 Å². The van der Waals surface area contributed by atoms with Crippen LogP contribution in [0.5, 0.6) is 0 Å². The Kier molecular flexibility index (Phi) is 7.17. The first-order valence-electron chi connectivity index (χ1n) is 11.0. The number of aromatic nitrogens is 2. The van der Waals surface area contributed by atoms with Gasteiger partial charge in [-0.15, -0.1) is 0 Å². The molecule has 160 valence electrons. The molecule has 2 aromatic rings. The first-order valence-corrected chi connectivity index (χ1v) is 11.0. The van der Waals surface area contributed by atoms with Gasteiger partial charge in [0.25, 0.3) is 0 Å². The topological polar surface area (TPSA) is 63.5 Å². The van der Waals surface area contributed by atoms with Crippen molar-refractivity contribution < 1.29 is 4.74 Å². The third-order valence-corrected chi connectivity index (χ3v) is 5.60. The average molecular weight is 400 g/mol. The molecule has 29 heavy (non-hydrogen) atoms. The number of fused-ring (bicyclic) bond motifs is 1. The van der Waals surface area contributed by atoms with E-state index in [2.05, 4.69) is 73.0 Å². The zero-order chi connectivity index (χ0) is 20.9.